The molecule has 0 fully saturated rings. The number of hydrogen-bond acceptors (Lipinski definition) is 3. The summed E-state index contributed by atoms with van der Waals surface area (Å²) in [4.78, 5) is 10.4. The predicted molar refractivity (Wildman–Crippen MR) is 38.3 cm³/mol. The summed E-state index contributed by atoms with van der Waals surface area (Å²) in [5.74, 6) is -0.00676. The number of aromatic nitrogens is 3. The van der Waals surface area contributed by atoms with Gasteiger partial charge < -0.3 is 10.3 Å². The van der Waals surface area contributed by atoms with Gasteiger partial charge in [-0.25, -0.2) is 0 Å². The molecule has 5 nitrogen and oxygen atoms in total. The van der Waals surface area contributed by atoms with Crippen LogP contribution in [-0.4, -0.2) is 20.7 Å². The molecule has 1 rings (SSSR count). The van der Waals surface area contributed by atoms with Gasteiger partial charge in [0.25, 0.3) is 0 Å². The molecule has 1 amide bonds. The van der Waals surface area contributed by atoms with Gasteiger partial charge in [0, 0.05) is 6.54 Å². The van der Waals surface area contributed by atoms with Crippen molar-refractivity contribution in [1.82, 2.24) is 14.8 Å². The molecule has 1 radical (unpaired) electrons. The highest BCUT2D eigenvalue weighted by atomic mass is 16.1. The van der Waals surface area contributed by atoms with Crippen LogP contribution < -0.4 is 5.73 Å². The van der Waals surface area contributed by atoms with E-state index in [0.717, 1.165) is 6.54 Å². The number of carbonyl (C=O) groups excluding carboxylic acids is 1. The lowest BCUT2D eigenvalue weighted by molar-refractivity contribution is -0.114. The minimum absolute atomic E-state index is 0.500. The zero-order chi connectivity index (χ0) is 8.27. The molecule has 0 spiro atoms. The highest BCUT2D eigenvalue weighted by Crippen LogP contribution is 1.96. The van der Waals surface area contributed by atoms with Gasteiger partial charge in [-0.2, -0.15) is 0 Å². The maximum absolute atomic E-state index is 10.4. The Morgan fingerprint density at radius 1 is 1.91 bits per heavy atom. The maximum Gasteiger partial charge on any atom is 0.229 e. The minimum atomic E-state index is -0.507. The smallest absolute Gasteiger partial charge is 0.229 e. The van der Waals surface area contributed by atoms with Gasteiger partial charge in [-0.15, -0.1) is 10.2 Å². The molecule has 0 aliphatic rings. The Hall–Kier alpha value is -1.39. The number of nitrogens with zero attached hydrogens (tertiary/aromatic N) is 3. The molecule has 1 heterocycles. The molecule has 0 saturated heterocycles. The Kier molecular flexibility index (Phi) is 2.20. The maximum atomic E-state index is 10.4. The molecule has 0 aliphatic carbocycles. The van der Waals surface area contributed by atoms with E-state index in [2.05, 4.69) is 10.2 Å². The summed E-state index contributed by atoms with van der Waals surface area (Å²) in [6.07, 6.45) is 2.80. The highest BCUT2D eigenvalue weighted by molar-refractivity contribution is 5.85. The number of rotatable bonds is 3. The van der Waals surface area contributed by atoms with Crippen molar-refractivity contribution in [2.24, 2.45) is 5.73 Å². The van der Waals surface area contributed by atoms with E-state index in [-0.39, 0.29) is 0 Å². The molecular weight excluding hydrogens is 144 g/mol. The van der Waals surface area contributed by atoms with Crippen LogP contribution in [0.1, 0.15) is 12.7 Å². The molecule has 0 aliphatic heterocycles. The zero-order valence-corrected chi connectivity index (χ0v) is 6.19. The molecule has 2 N–H and O–H groups in total. The summed E-state index contributed by atoms with van der Waals surface area (Å²) < 4.78 is 1.73. The number of nitrogens with two attached hydrogens (primary N) is 1. The first-order valence-electron chi connectivity index (χ1n) is 3.26. The van der Waals surface area contributed by atoms with Gasteiger partial charge in [0.15, 0.2) is 0 Å². The Balaban J connectivity index is 2.76. The minimum Gasteiger partial charge on any atom is -0.369 e. The van der Waals surface area contributed by atoms with Gasteiger partial charge >= 0.3 is 0 Å². The van der Waals surface area contributed by atoms with Gasteiger partial charge in [0.1, 0.15) is 18.6 Å². The first-order valence-corrected chi connectivity index (χ1v) is 3.26. The second kappa shape index (κ2) is 3.14. The van der Waals surface area contributed by atoms with E-state index in [4.69, 9.17) is 5.73 Å². The summed E-state index contributed by atoms with van der Waals surface area (Å²) in [5.41, 5.74) is 4.93. The van der Waals surface area contributed by atoms with Crippen molar-refractivity contribution in [2.45, 2.75) is 13.5 Å². The highest BCUT2D eigenvalue weighted by Gasteiger charge is 2.05. The van der Waals surface area contributed by atoms with Crippen LogP contribution >= 0.6 is 0 Å². The Morgan fingerprint density at radius 3 is 3.18 bits per heavy atom. The topological polar surface area (TPSA) is 73.8 Å². The number of amides is 1. The number of aryl methyl sites for hydroxylation is 1. The second-order valence-corrected chi connectivity index (χ2v) is 2.02. The van der Waals surface area contributed by atoms with E-state index in [1.54, 1.807) is 10.9 Å². The fraction of sp³-hybridized carbons (Fsp3) is 0.333. The first-order chi connectivity index (χ1) is 5.24. The lowest BCUT2D eigenvalue weighted by Gasteiger charge is -1.98. The largest absolute Gasteiger partial charge is 0.369 e. The fourth-order valence-corrected chi connectivity index (χ4v) is 0.747. The quantitative estimate of drug-likeness (QED) is 0.626. The molecule has 0 aromatic carbocycles. The molecule has 1 aromatic heterocycles. The van der Waals surface area contributed by atoms with Crippen LogP contribution in [0.25, 0.3) is 0 Å². The zero-order valence-electron chi connectivity index (χ0n) is 6.19. The van der Waals surface area contributed by atoms with Crippen LogP contribution in [0.4, 0.5) is 0 Å². The van der Waals surface area contributed by atoms with Crippen molar-refractivity contribution in [3.05, 3.63) is 18.6 Å². The van der Waals surface area contributed by atoms with Crippen LogP contribution in [0.5, 0.6) is 0 Å². The van der Waals surface area contributed by atoms with Gasteiger partial charge in [0.05, 0.1) is 0 Å². The van der Waals surface area contributed by atoms with E-state index in [1.165, 1.54) is 6.42 Å². The third-order valence-corrected chi connectivity index (χ3v) is 1.26. The third-order valence-electron chi connectivity index (χ3n) is 1.26. The van der Waals surface area contributed by atoms with E-state index in [9.17, 15) is 4.79 Å². The van der Waals surface area contributed by atoms with Crippen molar-refractivity contribution < 1.29 is 4.79 Å². The van der Waals surface area contributed by atoms with Crippen LogP contribution in [0.15, 0.2) is 6.33 Å². The van der Waals surface area contributed by atoms with Crippen LogP contribution in [0.2, 0.25) is 0 Å². The third kappa shape index (κ3) is 1.76. The molecule has 11 heavy (non-hydrogen) atoms. The molecular formula is C6H9N4O. The predicted octanol–water partition coefficient (Wildman–Crippen LogP) is -0.664. The standard InChI is InChI=1S/C6H9N4O/c1-2-10-4-8-9-6(10)3-5(7)11/h3-4H,2H2,1H3,(H2,7,11). The molecule has 0 saturated carbocycles. The van der Waals surface area contributed by atoms with Gasteiger partial charge in [-0.05, 0) is 6.92 Å². The van der Waals surface area contributed by atoms with E-state index < -0.39 is 5.91 Å². The van der Waals surface area contributed by atoms with Gasteiger partial charge in [-0.3, -0.25) is 4.79 Å². The van der Waals surface area contributed by atoms with Gasteiger partial charge in [-0.1, -0.05) is 0 Å². The summed E-state index contributed by atoms with van der Waals surface area (Å²) in [7, 11) is 0. The number of hydrogen-bond donors (Lipinski definition) is 1. The normalized spacial score (nSPS) is 9.91. The molecule has 0 bridgehead atoms. The van der Waals surface area contributed by atoms with Crippen molar-refractivity contribution in [3.63, 3.8) is 0 Å². The summed E-state index contributed by atoms with van der Waals surface area (Å²) in [6.45, 7) is 2.66. The van der Waals surface area contributed by atoms with Crippen molar-refractivity contribution >= 4 is 5.91 Å². The average Bonchev–Trinajstić information content (AvgIpc) is 2.34. The van der Waals surface area contributed by atoms with Crippen molar-refractivity contribution in [3.8, 4) is 0 Å². The van der Waals surface area contributed by atoms with Crippen LogP contribution in [0.3, 0.4) is 0 Å². The second-order valence-electron chi connectivity index (χ2n) is 2.02. The van der Waals surface area contributed by atoms with Crippen LogP contribution in [-0.2, 0) is 11.3 Å². The molecule has 0 unspecified atom stereocenters. The summed E-state index contributed by atoms with van der Waals surface area (Å²) >= 11 is 0. The van der Waals surface area contributed by atoms with E-state index in [0.29, 0.717) is 5.82 Å². The Labute approximate surface area is 64.2 Å². The molecule has 5 heteroatoms. The van der Waals surface area contributed by atoms with Gasteiger partial charge in [0.2, 0.25) is 5.91 Å². The monoisotopic (exact) mass is 153 g/mol. The molecule has 1 aromatic rings. The van der Waals surface area contributed by atoms with E-state index in [1.807, 2.05) is 6.92 Å². The Bertz CT molecular complexity index is 255. The summed E-state index contributed by atoms with van der Waals surface area (Å²) in [5, 5.41) is 7.30. The Morgan fingerprint density at radius 2 is 2.64 bits per heavy atom. The van der Waals surface area contributed by atoms with Crippen molar-refractivity contribution in [1.29, 1.82) is 0 Å². The molecule has 59 valence electrons. The lowest BCUT2D eigenvalue weighted by atomic mass is 10.4. The number of primary amides is 1. The SMILES string of the molecule is CCn1cnnc1[CH]C(N)=O. The molecule has 0 atom stereocenters. The lowest BCUT2D eigenvalue weighted by Crippen LogP contribution is -2.14. The van der Waals surface area contributed by atoms with Crippen LogP contribution in [0, 0.1) is 6.42 Å². The summed E-state index contributed by atoms with van der Waals surface area (Å²) in [6, 6.07) is 0. The van der Waals surface area contributed by atoms with E-state index >= 15 is 0 Å². The fourth-order valence-electron chi connectivity index (χ4n) is 0.747. The first kappa shape index (κ1) is 7.71. The average molecular weight is 153 g/mol. The number of carbonyl (C=O) groups is 1. The van der Waals surface area contributed by atoms with Crippen molar-refractivity contribution in [2.75, 3.05) is 0 Å².